The lowest BCUT2D eigenvalue weighted by molar-refractivity contribution is 0.0243. The highest BCUT2D eigenvalue weighted by Crippen LogP contribution is 2.23. The third-order valence-electron chi connectivity index (χ3n) is 4.34. The molecule has 1 saturated heterocycles. The number of hydrogen-bond acceptors (Lipinski definition) is 3. The lowest BCUT2D eigenvalue weighted by Crippen LogP contribution is -2.45. The summed E-state index contributed by atoms with van der Waals surface area (Å²) in [6.45, 7) is 4.37. The maximum absolute atomic E-state index is 5.92. The van der Waals surface area contributed by atoms with Crippen LogP contribution >= 0.6 is 35.6 Å². The molecule has 0 amide bonds. The zero-order valence-electron chi connectivity index (χ0n) is 15.0. The van der Waals surface area contributed by atoms with E-state index in [0.717, 1.165) is 43.2 Å². The maximum atomic E-state index is 5.92. The van der Waals surface area contributed by atoms with Gasteiger partial charge in [0.25, 0.3) is 0 Å². The van der Waals surface area contributed by atoms with Gasteiger partial charge in [-0.25, -0.2) is 4.68 Å². The molecule has 0 radical (unpaired) electrons. The largest absolute Gasteiger partial charge is 0.373 e. The smallest absolute Gasteiger partial charge is 0.191 e. The molecule has 0 spiro atoms. The third kappa shape index (κ3) is 5.59. The topological polar surface area (TPSA) is 63.5 Å². The van der Waals surface area contributed by atoms with Gasteiger partial charge in [0.1, 0.15) is 0 Å². The summed E-state index contributed by atoms with van der Waals surface area (Å²) in [6.07, 6.45) is 6.03. The molecular weight excluding hydrogens is 465 g/mol. The average molecular weight is 490 g/mol. The maximum Gasteiger partial charge on any atom is 0.191 e. The summed E-state index contributed by atoms with van der Waals surface area (Å²) >= 11 is 5.92. The van der Waals surface area contributed by atoms with E-state index in [1.807, 2.05) is 41.3 Å². The van der Waals surface area contributed by atoms with Crippen molar-refractivity contribution in [2.45, 2.75) is 31.9 Å². The summed E-state index contributed by atoms with van der Waals surface area (Å²) in [4.78, 5) is 4.27. The van der Waals surface area contributed by atoms with Crippen molar-refractivity contribution in [2.24, 2.45) is 4.99 Å². The molecule has 1 fully saturated rings. The minimum absolute atomic E-state index is 0. The number of rotatable bonds is 5. The number of ether oxygens (including phenoxy) is 1. The monoisotopic (exact) mass is 489 g/mol. The molecule has 1 aromatic heterocycles. The first-order valence-corrected chi connectivity index (χ1v) is 8.84. The second-order valence-corrected chi connectivity index (χ2v) is 6.89. The Bertz CT molecular complexity index is 725. The second kappa shape index (κ2) is 9.57. The standard InChI is InChI=1S/C18H24ClN5O.HI/c1-18(8-3-9-25-18)13-22-17(20-2)21-10-14-11-23-24(12-14)16-6-4-15(19)5-7-16;/h4-7,11-12H,3,8-10,13H2,1-2H3,(H2,20,21,22);1H. The van der Waals surface area contributed by atoms with Crippen LogP contribution in [-0.4, -0.2) is 41.5 Å². The molecule has 0 saturated carbocycles. The molecule has 6 nitrogen and oxygen atoms in total. The fraction of sp³-hybridized carbons (Fsp3) is 0.444. The number of halogens is 2. The zero-order chi connectivity index (χ0) is 17.7. The summed E-state index contributed by atoms with van der Waals surface area (Å²) in [5.41, 5.74) is 1.95. The summed E-state index contributed by atoms with van der Waals surface area (Å²) < 4.78 is 7.62. The Balaban J connectivity index is 0.00000243. The van der Waals surface area contributed by atoms with Crippen molar-refractivity contribution < 1.29 is 4.74 Å². The van der Waals surface area contributed by atoms with Crippen molar-refractivity contribution in [1.82, 2.24) is 20.4 Å². The van der Waals surface area contributed by atoms with E-state index in [0.29, 0.717) is 11.6 Å². The fourth-order valence-corrected chi connectivity index (χ4v) is 2.97. The van der Waals surface area contributed by atoms with Crippen LogP contribution in [0.3, 0.4) is 0 Å². The van der Waals surface area contributed by atoms with Gasteiger partial charge in [0, 0.05) is 43.5 Å². The van der Waals surface area contributed by atoms with Gasteiger partial charge in [0.15, 0.2) is 5.96 Å². The Hall–Kier alpha value is -1.32. The Kier molecular flexibility index (Phi) is 7.72. The van der Waals surface area contributed by atoms with Gasteiger partial charge in [-0.05, 0) is 44.0 Å². The predicted octanol–water partition coefficient (Wildman–Crippen LogP) is 3.38. The molecular formula is C18H25ClIN5O. The van der Waals surface area contributed by atoms with Crippen LogP contribution in [0.2, 0.25) is 5.02 Å². The first-order valence-electron chi connectivity index (χ1n) is 8.46. The average Bonchev–Trinajstić information content (AvgIpc) is 3.25. The van der Waals surface area contributed by atoms with E-state index in [-0.39, 0.29) is 29.6 Å². The van der Waals surface area contributed by atoms with Crippen molar-refractivity contribution in [2.75, 3.05) is 20.2 Å². The molecule has 1 unspecified atom stereocenters. The van der Waals surface area contributed by atoms with Crippen LogP contribution in [0, 0.1) is 0 Å². The fourth-order valence-electron chi connectivity index (χ4n) is 2.84. The number of benzene rings is 1. The van der Waals surface area contributed by atoms with Gasteiger partial charge in [0.2, 0.25) is 0 Å². The van der Waals surface area contributed by atoms with E-state index in [9.17, 15) is 0 Å². The molecule has 2 heterocycles. The van der Waals surface area contributed by atoms with Crippen LogP contribution in [0.5, 0.6) is 0 Å². The predicted molar refractivity (Wildman–Crippen MR) is 116 cm³/mol. The van der Waals surface area contributed by atoms with Crippen LogP contribution < -0.4 is 10.6 Å². The van der Waals surface area contributed by atoms with Crippen molar-refractivity contribution in [3.05, 3.63) is 47.2 Å². The minimum Gasteiger partial charge on any atom is -0.373 e. The van der Waals surface area contributed by atoms with Crippen LogP contribution in [0.4, 0.5) is 0 Å². The van der Waals surface area contributed by atoms with Gasteiger partial charge in [-0.1, -0.05) is 11.6 Å². The number of hydrogen-bond donors (Lipinski definition) is 2. The van der Waals surface area contributed by atoms with Crippen molar-refractivity contribution >= 4 is 41.5 Å². The van der Waals surface area contributed by atoms with E-state index in [4.69, 9.17) is 16.3 Å². The first-order chi connectivity index (χ1) is 12.1. The zero-order valence-corrected chi connectivity index (χ0v) is 18.1. The number of nitrogens with one attached hydrogen (secondary N) is 2. The summed E-state index contributed by atoms with van der Waals surface area (Å²) in [7, 11) is 1.77. The number of aliphatic imine (C=N–C) groups is 1. The molecule has 2 aromatic rings. The molecule has 0 bridgehead atoms. The van der Waals surface area contributed by atoms with Crippen LogP contribution in [0.25, 0.3) is 5.69 Å². The van der Waals surface area contributed by atoms with E-state index in [2.05, 4.69) is 27.6 Å². The van der Waals surface area contributed by atoms with Gasteiger partial charge in [-0.15, -0.1) is 24.0 Å². The normalized spacial score (nSPS) is 19.9. The molecule has 142 valence electrons. The molecule has 1 atom stereocenters. The number of nitrogens with zero attached hydrogens (tertiary/aromatic N) is 3. The molecule has 1 aliphatic heterocycles. The quantitative estimate of drug-likeness (QED) is 0.384. The second-order valence-electron chi connectivity index (χ2n) is 6.45. The Labute approximate surface area is 176 Å². The van der Waals surface area contributed by atoms with Crippen molar-refractivity contribution in [1.29, 1.82) is 0 Å². The summed E-state index contributed by atoms with van der Waals surface area (Å²) in [6, 6.07) is 7.59. The molecule has 1 aliphatic rings. The van der Waals surface area contributed by atoms with Crippen LogP contribution in [0.1, 0.15) is 25.3 Å². The third-order valence-corrected chi connectivity index (χ3v) is 4.59. The lowest BCUT2D eigenvalue weighted by Gasteiger charge is -2.24. The molecule has 26 heavy (non-hydrogen) atoms. The SMILES string of the molecule is CN=C(NCc1cnn(-c2ccc(Cl)cc2)c1)NCC1(C)CCCO1.I. The first kappa shape index (κ1) is 21.0. The van der Waals surface area contributed by atoms with Gasteiger partial charge in [0.05, 0.1) is 17.5 Å². The molecule has 2 N–H and O–H groups in total. The molecule has 8 heteroatoms. The summed E-state index contributed by atoms with van der Waals surface area (Å²) in [5, 5.41) is 11.8. The van der Waals surface area contributed by atoms with Gasteiger partial charge in [-0.2, -0.15) is 5.10 Å². The van der Waals surface area contributed by atoms with Crippen LogP contribution in [-0.2, 0) is 11.3 Å². The number of guanidine groups is 1. The Morgan fingerprint density at radius 3 is 2.77 bits per heavy atom. The van der Waals surface area contributed by atoms with E-state index in [1.165, 1.54) is 0 Å². The highest BCUT2D eigenvalue weighted by Gasteiger charge is 2.29. The van der Waals surface area contributed by atoms with E-state index in [1.54, 1.807) is 7.05 Å². The molecule has 1 aromatic carbocycles. The highest BCUT2D eigenvalue weighted by molar-refractivity contribution is 14.0. The Morgan fingerprint density at radius 2 is 2.12 bits per heavy atom. The Morgan fingerprint density at radius 1 is 1.35 bits per heavy atom. The number of aromatic nitrogens is 2. The van der Waals surface area contributed by atoms with E-state index < -0.39 is 0 Å². The highest BCUT2D eigenvalue weighted by atomic mass is 127. The molecule has 0 aliphatic carbocycles. The minimum atomic E-state index is -0.100. The van der Waals surface area contributed by atoms with Gasteiger partial charge in [-0.3, -0.25) is 4.99 Å². The molecule has 3 rings (SSSR count). The van der Waals surface area contributed by atoms with Crippen molar-refractivity contribution in [3.63, 3.8) is 0 Å². The van der Waals surface area contributed by atoms with Gasteiger partial charge >= 0.3 is 0 Å². The van der Waals surface area contributed by atoms with Crippen LogP contribution in [0.15, 0.2) is 41.7 Å². The van der Waals surface area contributed by atoms with Crippen molar-refractivity contribution in [3.8, 4) is 5.69 Å². The summed E-state index contributed by atoms with van der Waals surface area (Å²) in [5.74, 6) is 0.760. The van der Waals surface area contributed by atoms with Gasteiger partial charge < -0.3 is 15.4 Å². The van der Waals surface area contributed by atoms with E-state index >= 15 is 0 Å². The lowest BCUT2D eigenvalue weighted by atomic mass is 10.0.